The molecule has 2 aliphatic heterocycles. The molecule has 0 radical (unpaired) electrons. The summed E-state index contributed by atoms with van der Waals surface area (Å²) < 4.78 is 13.3. The molecule has 2 heterocycles. The van der Waals surface area contributed by atoms with Crippen LogP contribution in [0.25, 0.3) is 11.1 Å². The maximum absolute atomic E-state index is 11.7. The Kier molecular flexibility index (Phi) is 10.5. The number of ether oxygens (including phenoxy) is 2. The van der Waals surface area contributed by atoms with Crippen molar-refractivity contribution < 1.29 is 19.7 Å². The minimum atomic E-state index is -0.810. The first-order valence-corrected chi connectivity index (χ1v) is 19.5. The second-order valence-electron chi connectivity index (χ2n) is 14.7. The molecular weight excluding hydrogens is 620 g/mol. The van der Waals surface area contributed by atoms with E-state index < -0.39 is 12.0 Å². The number of rotatable bonds is 10. The fraction of sp³-hybridized carbons (Fsp3) is 0.500. The zero-order chi connectivity index (χ0) is 34.8. The highest BCUT2D eigenvalue weighted by Crippen LogP contribution is 2.47. The lowest BCUT2D eigenvalue weighted by molar-refractivity contribution is 0.113. The summed E-state index contributed by atoms with van der Waals surface area (Å²) in [4.78, 5) is 4.67. The van der Waals surface area contributed by atoms with Crippen LogP contribution in [-0.2, 0) is 0 Å². The summed E-state index contributed by atoms with van der Waals surface area (Å²) in [6, 6.07) is 12.9. The number of benzene rings is 2. The van der Waals surface area contributed by atoms with E-state index in [1.165, 1.54) is 38.5 Å². The van der Waals surface area contributed by atoms with E-state index in [9.17, 15) is 10.2 Å². The Balaban J connectivity index is 1.24. The molecule has 7 rings (SSSR count). The molecule has 0 amide bonds. The van der Waals surface area contributed by atoms with Crippen LogP contribution in [0.4, 0.5) is 11.4 Å². The average molecular weight is 677 g/mol. The van der Waals surface area contributed by atoms with Crippen molar-refractivity contribution in [2.45, 2.75) is 98.0 Å². The minimum absolute atomic E-state index is 0.235. The van der Waals surface area contributed by atoms with E-state index in [0.29, 0.717) is 17.4 Å². The molecule has 2 unspecified atom stereocenters. The molecule has 0 spiro atoms. The lowest BCUT2D eigenvalue weighted by Gasteiger charge is -2.35. The first-order chi connectivity index (χ1) is 24.4. The van der Waals surface area contributed by atoms with Gasteiger partial charge in [0.1, 0.15) is 28.8 Å². The SMILES string of the molecule is CCN(CC)c1ccc2c(c1)OC(C1CCCCC1)=C/C2=C\C1=C(O)C(/C=C2\C=C(C3CCCCC3)Oc3cc(N(CC)CC)ccc32)C1O. The van der Waals surface area contributed by atoms with E-state index >= 15 is 0 Å². The Labute approximate surface area is 299 Å². The van der Waals surface area contributed by atoms with E-state index in [2.05, 4.69) is 92.1 Å². The van der Waals surface area contributed by atoms with E-state index in [1.807, 2.05) is 6.08 Å². The Bertz CT molecular complexity index is 1710. The predicted molar refractivity (Wildman–Crippen MR) is 206 cm³/mol. The van der Waals surface area contributed by atoms with Gasteiger partial charge in [-0.1, -0.05) is 44.6 Å². The third-order valence-electron chi connectivity index (χ3n) is 11.8. The van der Waals surface area contributed by atoms with Crippen LogP contribution < -0.4 is 19.3 Å². The number of nitrogens with zero attached hydrogens (tertiary/aromatic N) is 2. The average Bonchev–Trinajstić information content (AvgIpc) is 3.17. The van der Waals surface area contributed by atoms with Crippen molar-refractivity contribution in [3.8, 4) is 11.5 Å². The fourth-order valence-corrected chi connectivity index (χ4v) is 8.73. The van der Waals surface area contributed by atoms with Gasteiger partial charge in [0.05, 0.1) is 12.0 Å². The first kappa shape index (κ1) is 34.5. The van der Waals surface area contributed by atoms with Gasteiger partial charge in [-0.05, 0) is 107 Å². The quantitative estimate of drug-likeness (QED) is 0.261. The number of hydrogen-bond acceptors (Lipinski definition) is 6. The van der Waals surface area contributed by atoms with Crippen LogP contribution in [0.15, 0.2) is 83.6 Å². The summed E-state index contributed by atoms with van der Waals surface area (Å²) in [7, 11) is 0. The van der Waals surface area contributed by atoms with E-state index in [-0.39, 0.29) is 5.76 Å². The molecule has 266 valence electrons. The number of aliphatic hydroxyl groups is 2. The molecule has 2 aromatic carbocycles. The molecule has 6 nitrogen and oxygen atoms in total. The lowest BCUT2D eigenvalue weighted by atomic mass is 9.77. The smallest absolute Gasteiger partial charge is 0.136 e. The Morgan fingerprint density at radius 1 is 0.660 bits per heavy atom. The summed E-state index contributed by atoms with van der Waals surface area (Å²) >= 11 is 0. The van der Waals surface area contributed by atoms with Gasteiger partial charge in [0.2, 0.25) is 0 Å². The Morgan fingerprint density at radius 2 is 1.12 bits per heavy atom. The summed E-state index contributed by atoms with van der Waals surface area (Å²) in [5.74, 6) is 4.29. The van der Waals surface area contributed by atoms with E-state index in [0.717, 1.165) is 109 Å². The molecule has 5 aliphatic rings. The second kappa shape index (κ2) is 15.1. The van der Waals surface area contributed by atoms with Gasteiger partial charge in [-0.25, -0.2) is 0 Å². The summed E-state index contributed by atoms with van der Waals surface area (Å²) in [5, 5.41) is 23.3. The minimum Gasteiger partial charge on any atom is -0.511 e. The molecule has 2 atom stereocenters. The van der Waals surface area contributed by atoms with Crippen LogP contribution in [0.1, 0.15) is 103 Å². The molecule has 2 N–H and O–H groups in total. The summed E-state index contributed by atoms with van der Waals surface area (Å²) in [6.45, 7) is 12.4. The standard InChI is InChI=1S/C44H56N2O4/c1-5-45(6-2)33-19-21-35-31(25-39(49-41(35)27-33)29-15-11-9-12-16-29)23-37-43(47)38(44(37)48)24-32-26-40(30-17-13-10-14-18-30)50-42-28-34(20-22-36(32)42)46(7-3)8-4/h19-30,37,43,47-48H,5-18H2,1-4H3/b31-23+,32-24+. The molecule has 2 aromatic rings. The van der Waals surface area contributed by atoms with Crippen molar-refractivity contribution in [3.63, 3.8) is 0 Å². The van der Waals surface area contributed by atoms with Gasteiger partial charge in [0.25, 0.3) is 0 Å². The van der Waals surface area contributed by atoms with Crippen molar-refractivity contribution in [1.29, 1.82) is 0 Å². The monoisotopic (exact) mass is 676 g/mol. The maximum Gasteiger partial charge on any atom is 0.136 e. The first-order valence-electron chi connectivity index (χ1n) is 19.5. The third-order valence-corrected chi connectivity index (χ3v) is 11.8. The lowest BCUT2D eigenvalue weighted by Crippen LogP contribution is -2.34. The molecule has 0 bridgehead atoms. The highest BCUT2D eigenvalue weighted by atomic mass is 16.5. The van der Waals surface area contributed by atoms with Gasteiger partial charge in [0, 0.05) is 78.2 Å². The van der Waals surface area contributed by atoms with Crippen LogP contribution in [0, 0.1) is 17.8 Å². The van der Waals surface area contributed by atoms with Crippen LogP contribution in [0.3, 0.4) is 0 Å². The summed E-state index contributed by atoms with van der Waals surface area (Å²) in [6.07, 6.45) is 19.6. The highest BCUT2D eigenvalue weighted by Gasteiger charge is 2.39. The molecule has 6 heteroatoms. The van der Waals surface area contributed by atoms with Crippen molar-refractivity contribution in [2.75, 3.05) is 36.0 Å². The fourth-order valence-electron chi connectivity index (χ4n) is 8.73. The summed E-state index contributed by atoms with van der Waals surface area (Å²) in [5.41, 5.74) is 6.90. The number of aliphatic hydroxyl groups excluding tert-OH is 2. The van der Waals surface area contributed by atoms with Gasteiger partial charge in [-0.3, -0.25) is 0 Å². The second-order valence-corrected chi connectivity index (χ2v) is 14.7. The maximum atomic E-state index is 11.7. The highest BCUT2D eigenvalue weighted by molar-refractivity contribution is 5.85. The van der Waals surface area contributed by atoms with Crippen molar-refractivity contribution in [1.82, 2.24) is 0 Å². The topological polar surface area (TPSA) is 65.4 Å². The van der Waals surface area contributed by atoms with Gasteiger partial charge in [-0.2, -0.15) is 0 Å². The zero-order valence-electron chi connectivity index (χ0n) is 30.6. The van der Waals surface area contributed by atoms with E-state index in [4.69, 9.17) is 9.47 Å². The van der Waals surface area contributed by atoms with Crippen LogP contribution in [0.5, 0.6) is 11.5 Å². The van der Waals surface area contributed by atoms with Crippen LogP contribution >= 0.6 is 0 Å². The molecule has 50 heavy (non-hydrogen) atoms. The van der Waals surface area contributed by atoms with Crippen molar-refractivity contribution >= 4 is 22.5 Å². The molecule has 2 fully saturated rings. The van der Waals surface area contributed by atoms with Gasteiger partial charge in [0.15, 0.2) is 0 Å². The van der Waals surface area contributed by atoms with Crippen LogP contribution in [0.2, 0.25) is 0 Å². The van der Waals surface area contributed by atoms with Crippen molar-refractivity contribution in [3.05, 3.63) is 94.7 Å². The van der Waals surface area contributed by atoms with Crippen LogP contribution in [-0.4, -0.2) is 42.5 Å². The number of anilines is 2. The Hall–Kier alpha value is -3.90. The molecule has 3 aliphatic carbocycles. The Morgan fingerprint density at radius 3 is 1.58 bits per heavy atom. The molecule has 2 saturated carbocycles. The van der Waals surface area contributed by atoms with E-state index in [1.54, 1.807) is 0 Å². The van der Waals surface area contributed by atoms with Gasteiger partial charge < -0.3 is 29.5 Å². The normalized spacial score (nSPS) is 24.1. The van der Waals surface area contributed by atoms with Crippen molar-refractivity contribution in [2.24, 2.45) is 17.8 Å². The predicted octanol–water partition coefficient (Wildman–Crippen LogP) is 10.4. The number of fused-ring (bicyclic) bond motifs is 2. The molecular formula is C44H56N2O4. The van der Waals surface area contributed by atoms with Gasteiger partial charge in [-0.15, -0.1) is 0 Å². The zero-order valence-corrected chi connectivity index (χ0v) is 30.6. The largest absolute Gasteiger partial charge is 0.511 e. The van der Waals surface area contributed by atoms with Gasteiger partial charge >= 0.3 is 0 Å². The number of hydrogen-bond donors (Lipinski definition) is 2. The number of allylic oxidation sites excluding steroid dienone is 6. The molecule has 0 aromatic heterocycles. The molecule has 0 saturated heterocycles. The third kappa shape index (κ3) is 6.76.